The van der Waals surface area contributed by atoms with Crippen molar-refractivity contribution in [2.75, 3.05) is 13.7 Å². The van der Waals surface area contributed by atoms with Crippen molar-refractivity contribution in [2.45, 2.75) is 6.61 Å². The number of rotatable bonds is 7. The molecule has 0 saturated carbocycles. The van der Waals surface area contributed by atoms with E-state index in [1.807, 2.05) is 42.5 Å². The van der Waals surface area contributed by atoms with Gasteiger partial charge in [0.1, 0.15) is 18.7 Å². The normalized spacial score (nSPS) is 10.2. The van der Waals surface area contributed by atoms with Crippen LogP contribution in [0.2, 0.25) is 0 Å². The molecule has 0 bridgehead atoms. The number of esters is 2. The maximum Gasteiger partial charge on any atom is 0.341 e. The Morgan fingerprint density at radius 1 is 0.931 bits per heavy atom. The fourth-order valence-electron chi connectivity index (χ4n) is 2.64. The molecule has 148 valence electrons. The number of carbonyl (C=O) groups excluding carboxylic acids is 3. The number of furan rings is 1. The van der Waals surface area contributed by atoms with Crippen molar-refractivity contribution in [1.29, 1.82) is 0 Å². The van der Waals surface area contributed by atoms with Crippen molar-refractivity contribution in [1.82, 2.24) is 5.32 Å². The molecular weight excluding hydrogens is 374 g/mol. The zero-order chi connectivity index (χ0) is 20.6. The number of amides is 1. The SMILES string of the molecule is COC(=O)c1ccoc1COC(=O)CNC(=O)c1ccc(-c2ccccc2)cc1. The predicted molar refractivity (Wildman–Crippen MR) is 104 cm³/mol. The van der Waals surface area contributed by atoms with Crippen molar-refractivity contribution >= 4 is 17.8 Å². The van der Waals surface area contributed by atoms with E-state index in [9.17, 15) is 14.4 Å². The molecule has 2 aromatic carbocycles. The molecule has 0 saturated heterocycles. The van der Waals surface area contributed by atoms with Gasteiger partial charge in [0.2, 0.25) is 0 Å². The van der Waals surface area contributed by atoms with Crippen LogP contribution in [0.4, 0.5) is 0 Å². The van der Waals surface area contributed by atoms with Gasteiger partial charge < -0.3 is 19.2 Å². The molecule has 1 amide bonds. The molecule has 0 fully saturated rings. The lowest BCUT2D eigenvalue weighted by Gasteiger charge is -2.07. The van der Waals surface area contributed by atoms with Gasteiger partial charge in [-0.3, -0.25) is 9.59 Å². The molecule has 0 unspecified atom stereocenters. The Bertz CT molecular complexity index is 992. The number of carbonyl (C=O) groups is 3. The van der Waals surface area contributed by atoms with Crippen molar-refractivity contribution in [3.05, 3.63) is 83.8 Å². The Morgan fingerprint density at radius 2 is 1.62 bits per heavy atom. The maximum absolute atomic E-state index is 12.2. The van der Waals surface area contributed by atoms with Crippen LogP contribution in [0.15, 0.2) is 71.3 Å². The summed E-state index contributed by atoms with van der Waals surface area (Å²) in [5.74, 6) is -1.47. The third-order valence-electron chi connectivity index (χ3n) is 4.16. The molecule has 0 radical (unpaired) electrons. The molecule has 0 aliphatic carbocycles. The Hall–Kier alpha value is -3.87. The van der Waals surface area contributed by atoms with E-state index < -0.39 is 17.8 Å². The zero-order valence-electron chi connectivity index (χ0n) is 15.7. The van der Waals surface area contributed by atoms with E-state index in [1.54, 1.807) is 12.1 Å². The third-order valence-corrected chi connectivity index (χ3v) is 4.16. The van der Waals surface area contributed by atoms with Crippen LogP contribution >= 0.6 is 0 Å². The lowest BCUT2D eigenvalue weighted by Crippen LogP contribution is -2.30. The molecule has 3 aromatic rings. The molecular formula is C22H19NO6. The minimum atomic E-state index is -0.661. The number of nitrogens with one attached hydrogen (secondary N) is 1. The van der Waals surface area contributed by atoms with Crippen LogP contribution in [0, 0.1) is 0 Å². The van der Waals surface area contributed by atoms with E-state index in [0.717, 1.165) is 11.1 Å². The number of benzene rings is 2. The molecule has 0 atom stereocenters. The van der Waals surface area contributed by atoms with Gasteiger partial charge >= 0.3 is 11.9 Å². The van der Waals surface area contributed by atoms with Gasteiger partial charge in [0, 0.05) is 5.56 Å². The van der Waals surface area contributed by atoms with Gasteiger partial charge in [0.25, 0.3) is 5.91 Å². The highest BCUT2D eigenvalue weighted by Gasteiger charge is 2.17. The highest BCUT2D eigenvalue weighted by Crippen LogP contribution is 2.19. The first-order valence-electron chi connectivity index (χ1n) is 8.82. The summed E-state index contributed by atoms with van der Waals surface area (Å²) in [5, 5.41) is 2.50. The minimum absolute atomic E-state index is 0.174. The number of methoxy groups -OCH3 is 1. The summed E-state index contributed by atoms with van der Waals surface area (Å²) < 4.78 is 14.8. The maximum atomic E-state index is 12.2. The van der Waals surface area contributed by atoms with E-state index >= 15 is 0 Å². The van der Waals surface area contributed by atoms with Crippen LogP contribution in [-0.2, 0) is 20.9 Å². The first-order valence-corrected chi connectivity index (χ1v) is 8.82. The predicted octanol–water partition coefficient (Wildman–Crippen LogP) is 3.21. The van der Waals surface area contributed by atoms with Crippen LogP contribution in [0.3, 0.4) is 0 Å². The van der Waals surface area contributed by atoms with Crippen LogP contribution in [0.25, 0.3) is 11.1 Å². The van der Waals surface area contributed by atoms with Crippen molar-refractivity contribution in [3.63, 3.8) is 0 Å². The molecule has 1 heterocycles. The van der Waals surface area contributed by atoms with Gasteiger partial charge in [0.15, 0.2) is 5.76 Å². The number of ether oxygens (including phenoxy) is 2. The van der Waals surface area contributed by atoms with E-state index in [1.165, 1.54) is 19.4 Å². The third kappa shape index (κ3) is 5.10. The Morgan fingerprint density at radius 3 is 2.31 bits per heavy atom. The highest BCUT2D eigenvalue weighted by molar-refractivity contribution is 5.96. The quantitative estimate of drug-likeness (QED) is 0.620. The zero-order valence-corrected chi connectivity index (χ0v) is 15.7. The van der Waals surface area contributed by atoms with E-state index in [-0.39, 0.29) is 24.5 Å². The Balaban J connectivity index is 1.50. The van der Waals surface area contributed by atoms with E-state index in [4.69, 9.17) is 9.15 Å². The van der Waals surface area contributed by atoms with E-state index in [2.05, 4.69) is 10.1 Å². The molecule has 7 nitrogen and oxygen atoms in total. The van der Waals surface area contributed by atoms with Gasteiger partial charge in [-0.15, -0.1) is 0 Å². The summed E-state index contributed by atoms with van der Waals surface area (Å²) in [6.07, 6.45) is 1.30. The van der Waals surface area contributed by atoms with Crippen LogP contribution in [0.5, 0.6) is 0 Å². The summed E-state index contributed by atoms with van der Waals surface area (Å²) >= 11 is 0. The topological polar surface area (TPSA) is 94.8 Å². The van der Waals surface area contributed by atoms with Crippen molar-refractivity contribution in [2.24, 2.45) is 0 Å². The second-order valence-electron chi connectivity index (χ2n) is 6.04. The molecule has 7 heteroatoms. The smallest absolute Gasteiger partial charge is 0.341 e. The molecule has 0 spiro atoms. The summed E-state index contributed by atoms with van der Waals surface area (Å²) in [7, 11) is 1.24. The largest absolute Gasteiger partial charge is 0.465 e. The second-order valence-corrected chi connectivity index (χ2v) is 6.04. The number of hydrogen-bond donors (Lipinski definition) is 1. The van der Waals surface area contributed by atoms with Crippen molar-refractivity contribution in [3.8, 4) is 11.1 Å². The van der Waals surface area contributed by atoms with Gasteiger partial charge in [-0.2, -0.15) is 0 Å². The first-order chi connectivity index (χ1) is 14.1. The van der Waals surface area contributed by atoms with E-state index in [0.29, 0.717) is 5.56 Å². The molecule has 0 aliphatic heterocycles. The lowest BCUT2D eigenvalue weighted by atomic mass is 10.0. The average Bonchev–Trinajstić information content (AvgIpc) is 3.25. The Labute approximate surface area is 167 Å². The average molecular weight is 393 g/mol. The molecule has 1 N–H and O–H groups in total. The Kier molecular flexibility index (Phi) is 6.42. The summed E-state index contributed by atoms with van der Waals surface area (Å²) in [6, 6.07) is 18.3. The van der Waals surface area contributed by atoms with Crippen LogP contribution in [-0.4, -0.2) is 31.5 Å². The van der Waals surface area contributed by atoms with Crippen LogP contribution < -0.4 is 5.32 Å². The first kappa shape index (κ1) is 19.9. The summed E-state index contributed by atoms with van der Waals surface area (Å²) in [4.78, 5) is 35.6. The summed E-state index contributed by atoms with van der Waals surface area (Å²) in [6.45, 7) is -0.550. The van der Waals surface area contributed by atoms with Crippen LogP contribution in [0.1, 0.15) is 26.5 Å². The van der Waals surface area contributed by atoms with Gasteiger partial charge in [0.05, 0.1) is 13.4 Å². The molecule has 0 aliphatic rings. The monoisotopic (exact) mass is 393 g/mol. The molecule has 3 rings (SSSR count). The fraction of sp³-hybridized carbons (Fsp3) is 0.136. The fourth-order valence-corrected chi connectivity index (χ4v) is 2.64. The lowest BCUT2D eigenvalue weighted by molar-refractivity contribution is -0.144. The molecule has 1 aromatic heterocycles. The minimum Gasteiger partial charge on any atom is -0.465 e. The summed E-state index contributed by atoms with van der Waals surface area (Å²) in [5.41, 5.74) is 2.65. The van der Waals surface area contributed by atoms with Crippen molar-refractivity contribution < 1.29 is 28.3 Å². The van der Waals surface area contributed by atoms with Gasteiger partial charge in [-0.1, -0.05) is 42.5 Å². The second kappa shape index (κ2) is 9.36. The standard InChI is InChI=1S/C22H19NO6/c1-27-22(26)18-11-12-28-19(18)14-29-20(24)13-23-21(25)17-9-7-16(8-10-17)15-5-3-2-4-6-15/h2-12H,13-14H2,1H3,(H,23,25). The number of hydrogen-bond acceptors (Lipinski definition) is 6. The van der Waals surface area contributed by atoms with Gasteiger partial charge in [-0.05, 0) is 29.3 Å². The highest BCUT2D eigenvalue weighted by atomic mass is 16.5. The molecule has 29 heavy (non-hydrogen) atoms. The van der Waals surface area contributed by atoms with Gasteiger partial charge in [-0.25, -0.2) is 4.79 Å².